The molecule has 0 aliphatic carbocycles. The Bertz CT molecular complexity index is 1000. The molecule has 0 amide bonds. The van der Waals surface area contributed by atoms with Gasteiger partial charge in [0, 0.05) is 29.4 Å². The van der Waals surface area contributed by atoms with Gasteiger partial charge in [-0.2, -0.15) is 0 Å². The molecule has 4 nitrogen and oxygen atoms in total. The minimum absolute atomic E-state index is 0.210. The summed E-state index contributed by atoms with van der Waals surface area (Å²) in [6, 6.07) is 20.5. The Morgan fingerprint density at radius 2 is 1.69 bits per heavy atom. The number of hydrogen-bond acceptors (Lipinski definition) is 4. The van der Waals surface area contributed by atoms with Crippen molar-refractivity contribution in [1.29, 1.82) is 0 Å². The fourth-order valence-corrected chi connectivity index (χ4v) is 3.55. The molecular weight excluding hydrogens is 347 g/mol. The molecule has 0 radical (unpaired) electrons. The lowest BCUT2D eigenvalue weighted by atomic mass is 10.2. The number of thioether (sulfide) groups is 1. The van der Waals surface area contributed by atoms with Crippen LogP contribution in [0.3, 0.4) is 0 Å². The van der Waals surface area contributed by atoms with Crippen LogP contribution in [0, 0.1) is 5.82 Å². The van der Waals surface area contributed by atoms with Gasteiger partial charge in [0.25, 0.3) is 0 Å². The van der Waals surface area contributed by atoms with E-state index < -0.39 is 0 Å². The fourth-order valence-electron chi connectivity index (χ4n) is 2.61. The van der Waals surface area contributed by atoms with Gasteiger partial charge < -0.3 is 0 Å². The van der Waals surface area contributed by atoms with E-state index in [1.54, 1.807) is 24.5 Å². The van der Waals surface area contributed by atoms with Crippen molar-refractivity contribution >= 4 is 11.8 Å². The quantitative estimate of drug-likeness (QED) is 0.480. The lowest BCUT2D eigenvalue weighted by Crippen LogP contribution is -2.00. The van der Waals surface area contributed by atoms with Crippen LogP contribution in [-0.2, 0) is 5.75 Å². The van der Waals surface area contributed by atoms with Crippen molar-refractivity contribution in [2.75, 3.05) is 0 Å². The molecule has 0 spiro atoms. The van der Waals surface area contributed by atoms with Gasteiger partial charge in [-0.05, 0) is 35.9 Å². The van der Waals surface area contributed by atoms with Crippen molar-refractivity contribution in [2.24, 2.45) is 0 Å². The van der Waals surface area contributed by atoms with Gasteiger partial charge in [0.2, 0.25) is 0 Å². The van der Waals surface area contributed by atoms with Crippen LogP contribution in [0.1, 0.15) is 5.56 Å². The second-order valence-electron chi connectivity index (χ2n) is 5.60. The maximum absolute atomic E-state index is 13.9. The van der Waals surface area contributed by atoms with Gasteiger partial charge in [-0.15, -0.1) is 10.2 Å². The monoisotopic (exact) mass is 362 g/mol. The predicted molar refractivity (Wildman–Crippen MR) is 101 cm³/mol. The molecule has 0 saturated carbocycles. The largest absolute Gasteiger partial charge is 0.270 e. The summed E-state index contributed by atoms with van der Waals surface area (Å²) in [6.07, 6.45) is 3.48. The third-order valence-electron chi connectivity index (χ3n) is 3.88. The molecule has 0 saturated heterocycles. The maximum atomic E-state index is 13.9. The summed E-state index contributed by atoms with van der Waals surface area (Å²) in [5.41, 5.74) is 2.47. The van der Waals surface area contributed by atoms with Gasteiger partial charge >= 0.3 is 0 Å². The van der Waals surface area contributed by atoms with Crippen molar-refractivity contribution in [3.8, 4) is 17.1 Å². The van der Waals surface area contributed by atoms with Crippen molar-refractivity contribution in [3.05, 3.63) is 90.5 Å². The fraction of sp³-hybridized carbons (Fsp3) is 0.0500. The van der Waals surface area contributed by atoms with Crippen LogP contribution < -0.4 is 0 Å². The maximum Gasteiger partial charge on any atom is 0.196 e. The molecule has 0 fully saturated rings. The average Bonchev–Trinajstić information content (AvgIpc) is 3.13. The van der Waals surface area contributed by atoms with Gasteiger partial charge in [0.15, 0.2) is 11.0 Å². The third kappa shape index (κ3) is 3.36. The molecule has 2 heterocycles. The van der Waals surface area contributed by atoms with E-state index in [4.69, 9.17) is 0 Å². The number of hydrogen-bond donors (Lipinski definition) is 0. The van der Waals surface area contributed by atoms with Crippen LogP contribution >= 0.6 is 11.8 Å². The molecule has 0 N–H and O–H groups in total. The van der Waals surface area contributed by atoms with Crippen molar-refractivity contribution in [1.82, 2.24) is 19.7 Å². The van der Waals surface area contributed by atoms with Crippen LogP contribution in [0.4, 0.5) is 4.39 Å². The van der Waals surface area contributed by atoms with E-state index in [9.17, 15) is 4.39 Å². The molecule has 6 heteroatoms. The van der Waals surface area contributed by atoms with E-state index in [0.29, 0.717) is 22.3 Å². The zero-order chi connectivity index (χ0) is 17.8. The summed E-state index contributed by atoms with van der Waals surface area (Å²) in [5, 5.41) is 9.40. The van der Waals surface area contributed by atoms with E-state index in [2.05, 4.69) is 15.2 Å². The molecule has 4 aromatic rings. The molecule has 0 aliphatic heterocycles. The molecule has 0 aliphatic rings. The zero-order valence-corrected chi connectivity index (χ0v) is 14.6. The molecule has 0 atom stereocenters. The van der Waals surface area contributed by atoms with Crippen LogP contribution in [0.5, 0.6) is 0 Å². The SMILES string of the molecule is Fc1ccccc1CSc1nnc(-c2cccnc2)n1-c1ccccc1. The van der Waals surface area contributed by atoms with Crippen molar-refractivity contribution in [2.45, 2.75) is 10.9 Å². The predicted octanol–water partition coefficient (Wildman–Crippen LogP) is 4.76. The molecular formula is C20H15FN4S. The molecule has 2 aromatic carbocycles. The third-order valence-corrected chi connectivity index (χ3v) is 4.86. The van der Waals surface area contributed by atoms with E-state index in [0.717, 1.165) is 11.3 Å². The summed E-state index contributed by atoms with van der Waals surface area (Å²) in [4.78, 5) is 4.17. The van der Waals surface area contributed by atoms with Gasteiger partial charge in [0.05, 0.1) is 0 Å². The van der Waals surface area contributed by atoms with E-state index in [1.165, 1.54) is 17.8 Å². The number of para-hydroxylation sites is 1. The topological polar surface area (TPSA) is 43.6 Å². The number of rotatable bonds is 5. The van der Waals surface area contributed by atoms with Crippen molar-refractivity contribution < 1.29 is 4.39 Å². The van der Waals surface area contributed by atoms with Crippen molar-refractivity contribution in [3.63, 3.8) is 0 Å². The summed E-state index contributed by atoms with van der Waals surface area (Å²) in [7, 11) is 0. The standard InChI is InChI=1S/C20H15FN4S/c21-18-11-5-4-7-16(18)14-26-20-24-23-19(15-8-6-12-22-13-15)25(20)17-9-2-1-3-10-17/h1-13H,14H2. The first-order chi connectivity index (χ1) is 12.8. The molecule has 4 rings (SSSR count). The molecule has 128 valence electrons. The van der Waals surface area contributed by atoms with E-state index in [1.807, 2.05) is 53.1 Å². The Kier molecular flexibility index (Phi) is 4.75. The average molecular weight is 362 g/mol. The first-order valence-corrected chi connectivity index (χ1v) is 9.09. The first-order valence-electron chi connectivity index (χ1n) is 8.10. The molecule has 0 bridgehead atoms. The lowest BCUT2D eigenvalue weighted by molar-refractivity contribution is 0.617. The van der Waals surface area contributed by atoms with E-state index >= 15 is 0 Å². The van der Waals surface area contributed by atoms with Gasteiger partial charge in [0.1, 0.15) is 5.82 Å². The summed E-state index contributed by atoms with van der Waals surface area (Å²) in [5.74, 6) is 0.976. The smallest absolute Gasteiger partial charge is 0.196 e. The Labute approximate surface area is 154 Å². The highest BCUT2D eigenvalue weighted by molar-refractivity contribution is 7.98. The summed E-state index contributed by atoms with van der Waals surface area (Å²) in [6.45, 7) is 0. The number of nitrogens with zero attached hydrogens (tertiary/aromatic N) is 4. The van der Waals surface area contributed by atoms with Gasteiger partial charge in [-0.3, -0.25) is 9.55 Å². The second kappa shape index (κ2) is 7.49. The summed E-state index contributed by atoms with van der Waals surface area (Å²) >= 11 is 1.45. The van der Waals surface area contributed by atoms with E-state index in [-0.39, 0.29) is 5.82 Å². The lowest BCUT2D eigenvalue weighted by Gasteiger charge is -2.10. The minimum Gasteiger partial charge on any atom is -0.270 e. The Morgan fingerprint density at radius 3 is 2.46 bits per heavy atom. The highest BCUT2D eigenvalue weighted by Gasteiger charge is 2.16. The summed E-state index contributed by atoms with van der Waals surface area (Å²) < 4.78 is 15.9. The van der Waals surface area contributed by atoms with Crippen LogP contribution in [-0.4, -0.2) is 19.7 Å². The number of pyridine rings is 1. The van der Waals surface area contributed by atoms with Gasteiger partial charge in [-0.25, -0.2) is 4.39 Å². The number of aromatic nitrogens is 4. The normalized spacial score (nSPS) is 10.8. The highest BCUT2D eigenvalue weighted by atomic mass is 32.2. The number of benzene rings is 2. The second-order valence-corrected chi connectivity index (χ2v) is 6.54. The van der Waals surface area contributed by atoms with Crippen LogP contribution in [0.2, 0.25) is 0 Å². The molecule has 2 aromatic heterocycles. The molecule has 0 unspecified atom stereocenters. The van der Waals surface area contributed by atoms with Crippen LogP contribution in [0.25, 0.3) is 17.1 Å². The highest BCUT2D eigenvalue weighted by Crippen LogP contribution is 2.29. The zero-order valence-electron chi connectivity index (χ0n) is 13.8. The number of halogens is 1. The first kappa shape index (κ1) is 16.5. The van der Waals surface area contributed by atoms with Crippen LogP contribution in [0.15, 0.2) is 84.3 Å². The Hall–Kier alpha value is -2.99. The van der Waals surface area contributed by atoms with Gasteiger partial charge in [-0.1, -0.05) is 48.2 Å². The Balaban J connectivity index is 1.73. The Morgan fingerprint density at radius 1 is 0.885 bits per heavy atom. The minimum atomic E-state index is -0.210. The molecule has 26 heavy (non-hydrogen) atoms.